The van der Waals surface area contributed by atoms with E-state index in [0.29, 0.717) is 35.7 Å². The number of hydrogen-bond donors (Lipinski definition) is 1. The van der Waals surface area contributed by atoms with Crippen LogP contribution in [0.3, 0.4) is 0 Å². The molecule has 2 aromatic rings. The average molecular weight is 389 g/mol. The van der Waals surface area contributed by atoms with Gasteiger partial charge in [-0.3, -0.25) is 4.79 Å². The van der Waals surface area contributed by atoms with Gasteiger partial charge >= 0.3 is 0 Å². The van der Waals surface area contributed by atoms with Crippen molar-refractivity contribution in [2.75, 3.05) is 0 Å². The lowest BCUT2D eigenvalue weighted by Gasteiger charge is -2.37. The smallest absolute Gasteiger partial charge is 0.205 e. The molecule has 1 atom stereocenters. The van der Waals surface area contributed by atoms with Gasteiger partial charge < -0.3 is 15.0 Å². The van der Waals surface area contributed by atoms with Gasteiger partial charge in [0.05, 0.1) is 5.92 Å². The topological polar surface area (TPSA) is 81.0 Å². The molecule has 0 fully saturated rings. The van der Waals surface area contributed by atoms with Crippen LogP contribution in [0.2, 0.25) is 0 Å². The number of nitrogens with two attached hydrogens (primary N) is 1. The maximum absolute atomic E-state index is 13.2. The van der Waals surface area contributed by atoms with Gasteiger partial charge in [0.1, 0.15) is 17.4 Å². The summed E-state index contributed by atoms with van der Waals surface area (Å²) in [7, 11) is 0. The number of carbonyl (C=O) groups excluding carboxylic acids is 1. The minimum atomic E-state index is -0.481. The molecule has 150 valence electrons. The summed E-state index contributed by atoms with van der Waals surface area (Å²) < 4.78 is 8.04. The van der Waals surface area contributed by atoms with Crippen molar-refractivity contribution < 1.29 is 9.53 Å². The molecule has 1 aliphatic heterocycles. The van der Waals surface area contributed by atoms with Crippen LogP contribution >= 0.6 is 0 Å². The fourth-order valence-corrected chi connectivity index (χ4v) is 4.65. The van der Waals surface area contributed by atoms with E-state index in [1.54, 1.807) is 0 Å². The van der Waals surface area contributed by atoms with Crippen LogP contribution in [0, 0.1) is 22.7 Å². The van der Waals surface area contributed by atoms with Gasteiger partial charge in [0, 0.05) is 42.1 Å². The van der Waals surface area contributed by atoms with E-state index in [-0.39, 0.29) is 17.1 Å². The van der Waals surface area contributed by atoms with Crippen LogP contribution in [0.4, 0.5) is 0 Å². The largest absolute Gasteiger partial charge is 0.444 e. The number of ketones is 1. The predicted molar refractivity (Wildman–Crippen MR) is 112 cm³/mol. The number of hydrogen-bond acceptors (Lipinski definition) is 4. The molecule has 2 heterocycles. The minimum absolute atomic E-state index is 0.0437. The van der Waals surface area contributed by atoms with Crippen molar-refractivity contribution in [2.24, 2.45) is 17.1 Å². The molecule has 1 aliphatic carbocycles. The van der Waals surface area contributed by atoms with Gasteiger partial charge in [0.25, 0.3) is 0 Å². The molecule has 4 rings (SSSR count). The predicted octanol–water partition coefficient (Wildman–Crippen LogP) is 4.75. The number of aromatic nitrogens is 1. The lowest BCUT2D eigenvalue weighted by Crippen LogP contribution is -2.33. The van der Waals surface area contributed by atoms with Gasteiger partial charge in [-0.25, -0.2) is 0 Å². The third-order valence-corrected chi connectivity index (χ3v) is 5.77. The second-order valence-corrected chi connectivity index (χ2v) is 9.35. The number of fused-ring (bicyclic) bond motifs is 1. The maximum Gasteiger partial charge on any atom is 0.205 e. The fourth-order valence-electron chi connectivity index (χ4n) is 4.65. The number of ether oxygens (including phenoxy) is 1. The number of rotatable bonds is 3. The molecule has 29 heavy (non-hydrogen) atoms. The van der Waals surface area contributed by atoms with Crippen LogP contribution in [0.5, 0.6) is 0 Å². The van der Waals surface area contributed by atoms with E-state index in [1.165, 1.54) is 0 Å². The third-order valence-electron chi connectivity index (χ3n) is 5.77. The third kappa shape index (κ3) is 3.23. The van der Waals surface area contributed by atoms with Crippen molar-refractivity contribution in [2.45, 2.75) is 53.0 Å². The van der Waals surface area contributed by atoms with Crippen molar-refractivity contribution in [3.05, 3.63) is 58.8 Å². The zero-order valence-electron chi connectivity index (χ0n) is 17.5. The van der Waals surface area contributed by atoms with Gasteiger partial charge in [-0.1, -0.05) is 45.9 Å². The van der Waals surface area contributed by atoms with Gasteiger partial charge in [-0.05, 0) is 23.0 Å². The number of benzene rings is 1. The Morgan fingerprint density at radius 1 is 1.31 bits per heavy atom. The molecule has 2 N–H and O–H groups in total. The number of carbonyl (C=O) groups is 1. The Balaban J connectivity index is 1.96. The highest BCUT2D eigenvalue weighted by molar-refractivity contribution is 6.01. The van der Waals surface area contributed by atoms with Gasteiger partial charge in [-0.2, -0.15) is 5.26 Å². The normalized spacial score (nSPS) is 21.4. The summed E-state index contributed by atoms with van der Waals surface area (Å²) in [5, 5.41) is 10.9. The molecule has 5 nitrogen and oxygen atoms in total. The van der Waals surface area contributed by atoms with E-state index >= 15 is 0 Å². The van der Waals surface area contributed by atoms with E-state index in [2.05, 4.69) is 56.7 Å². The Hall–Kier alpha value is -3.00. The molecular formula is C24H27N3O2. The maximum atomic E-state index is 13.2. The first-order valence-electron chi connectivity index (χ1n) is 10.1. The van der Waals surface area contributed by atoms with Crippen LogP contribution < -0.4 is 5.73 Å². The summed E-state index contributed by atoms with van der Waals surface area (Å²) in [6.07, 6.45) is 3.16. The molecular weight excluding hydrogens is 362 g/mol. The first kappa shape index (κ1) is 19.3. The number of allylic oxidation sites excluding steroid dienone is 3. The first-order valence-corrected chi connectivity index (χ1v) is 10.1. The zero-order chi connectivity index (χ0) is 20.9. The summed E-state index contributed by atoms with van der Waals surface area (Å²) in [5.41, 5.74) is 8.96. The number of para-hydroxylation sites is 1. The van der Waals surface area contributed by atoms with Crippen LogP contribution in [-0.2, 0) is 16.1 Å². The van der Waals surface area contributed by atoms with Gasteiger partial charge in [0.2, 0.25) is 5.88 Å². The number of nitriles is 1. The van der Waals surface area contributed by atoms with Crippen molar-refractivity contribution in [1.82, 2.24) is 4.57 Å². The first-order chi connectivity index (χ1) is 13.7. The minimum Gasteiger partial charge on any atom is -0.444 e. The molecule has 0 amide bonds. The Labute approximate surface area is 171 Å². The van der Waals surface area contributed by atoms with Crippen LogP contribution in [0.25, 0.3) is 10.9 Å². The molecule has 0 saturated carbocycles. The van der Waals surface area contributed by atoms with Crippen molar-refractivity contribution in [3.8, 4) is 6.07 Å². The lowest BCUT2D eigenvalue weighted by atomic mass is 9.70. The average Bonchev–Trinajstić information content (AvgIpc) is 2.97. The summed E-state index contributed by atoms with van der Waals surface area (Å²) in [6.45, 7) is 9.32. The molecule has 2 aliphatic rings. The highest BCUT2D eigenvalue weighted by Crippen LogP contribution is 2.49. The van der Waals surface area contributed by atoms with E-state index in [9.17, 15) is 10.1 Å². The van der Waals surface area contributed by atoms with Crippen molar-refractivity contribution in [3.63, 3.8) is 0 Å². The summed E-state index contributed by atoms with van der Waals surface area (Å²) >= 11 is 0. The number of Topliss-reactive ketones (excluding diaryl/α,β-unsaturated/α-hetero) is 1. The van der Waals surface area contributed by atoms with Crippen LogP contribution in [0.1, 0.15) is 52.0 Å². The molecule has 0 spiro atoms. The van der Waals surface area contributed by atoms with Crippen molar-refractivity contribution >= 4 is 16.7 Å². The number of nitrogens with zero attached hydrogens (tertiary/aromatic N) is 2. The summed E-state index contributed by atoms with van der Waals surface area (Å²) in [6, 6.07) is 10.4. The summed E-state index contributed by atoms with van der Waals surface area (Å²) in [5.74, 6) is 0.764. The highest BCUT2D eigenvalue weighted by Gasteiger charge is 2.43. The Morgan fingerprint density at radius 2 is 2.03 bits per heavy atom. The van der Waals surface area contributed by atoms with E-state index < -0.39 is 5.92 Å². The summed E-state index contributed by atoms with van der Waals surface area (Å²) in [4.78, 5) is 13.2. The zero-order valence-corrected chi connectivity index (χ0v) is 17.5. The molecule has 0 radical (unpaired) electrons. The van der Waals surface area contributed by atoms with Gasteiger partial charge in [-0.15, -0.1) is 0 Å². The quantitative estimate of drug-likeness (QED) is 0.821. The molecule has 1 aromatic heterocycles. The molecule has 0 saturated heterocycles. The standard InChI is InChI=1S/C24H27N3O2/c1-14(2)12-27-13-17(15-7-5-6-8-18(15)27)21-16(11-25)23(26)29-20-10-24(3,4)9-19(28)22(20)21/h5-8,13-14,21H,9-10,12,26H2,1-4H3. The second kappa shape index (κ2) is 6.81. The molecule has 5 heteroatoms. The van der Waals surface area contributed by atoms with Gasteiger partial charge in [0.15, 0.2) is 5.78 Å². The SMILES string of the molecule is CC(C)Cn1cc(C2C(C#N)=C(N)OC3=C2C(=O)CC(C)(C)C3)c2ccccc21. The molecule has 1 aromatic carbocycles. The fraction of sp³-hybridized carbons (Fsp3) is 0.417. The van der Waals surface area contributed by atoms with Crippen LogP contribution in [-0.4, -0.2) is 10.4 Å². The van der Waals surface area contributed by atoms with Crippen molar-refractivity contribution in [1.29, 1.82) is 5.26 Å². The second-order valence-electron chi connectivity index (χ2n) is 9.35. The van der Waals surface area contributed by atoms with Crippen LogP contribution in [0.15, 0.2) is 53.3 Å². The molecule has 0 bridgehead atoms. The van der Waals surface area contributed by atoms with E-state index in [4.69, 9.17) is 10.5 Å². The Bertz CT molecular complexity index is 1110. The lowest BCUT2D eigenvalue weighted by molar-refractivity contribution is -0.119. The van der Waals surface area contributed by atoms with E-state index in [0.717, 1.165) is 23.0 Å². The molecule has 1 unspecified atom stereocenters. The van der Waals surface area contributed by atoms with E-state index in [1.807, 2.05) is 12.1 Å². The highest BCUT2D eigenvalue weighted by atomic mass is 16.5. The Morgan fingerprint density at radius 3 is 2.72 bits per heavy atom. The Kier molecular flexibility index (Phi) is 4.53. The monoisotopic (exact) mass is 389 g/mol.